The number of esters is 1. The molecule has 0 saturated carbocycles. The summed E-state index contributed by atoms with van der Waals surface area (Å²) in [5, 5.41) is 0. The zero-order chi connectivity index (χ0) is 14.3. The van der Waals surface area contributed by atoms with E-state index in [-0.39, 0.29) is 11.9 Å². The van der Waals surface area contributed by atoms with Gasteiger partial charge in [0.1, 0.15) is 6.61 Å². The van der Waals surface area contributed by atoms with Crippen molar-refractivity contribution in [3.63, 3.8) is 0 Å². The van der Waals surface area contributed by atoms with Gasteiger partial charge >= 0.3 is 5.97 Å². The molecule has 3 nitrogen and oxygen atoms in total. The number of hydrogen-bond acceptors (Lipinski definition) is 3. The first-order chi connectivity index (χ1) is 9.04. The van der Waals surface area contributed by atoms with Crippen LogP contribution >= 0.6 is 0 Å². The van der Waals surface area contributed by atoms with Crippen LogP contribution in [0.15, 0.2) is 30.3 Å². The van der Waals surface area contributed by atoms with E-state index in [1.54, 1.807) is 0 Å². The Bertz CT molecular complexity index is 378. The first kappa shape index (κ1) is 15.7. The number of rotatable bonds is 7. The van der Waals surface area contributed by atoms with Crippen molar-refractivity contribution in [2.45, 2.75) is 39.8 Å². The van der Waals surface area contributed by atoms with Crippen LogP contribution in [-0.4, -0.2) is 30.5 Å². The minimum absolute atomic E-state index is 0.0947. The highest BCUT2D eigenvalue weighted by Crippen LogP contribution is 2.08. The number of ether oxygens (including phenoxy) is 1. The second kappa shape index (κ2) is 7.95. The number of carbonyl (C=O) groups excluding carboxylic acids is 1. The number of nitrogens with zero attached hydrogens (tertiary/aromatic N) is 1. The molecule has 0 aliphatic carbocycles. The Labute approximate surface area is 116 Å². The van der Waals surface area contributed by atoms with E-state index in [9.17, 15) is 4.79 Å². The Morgan fingerprint density at radius 1 is 1.26 bits per heavy atom. The average Bonchev–Trinajstić information content (AvgIpc) is 2.44. The Morgan fingerprint density at radius 3 is 2.47 bits per heavy atom. The van der Waals surface area contributed by atoms with E-state index < -0.39 is 0 Å². The maximum Gasteiger partial charge on any atom is 0.310 e. The van der Waals surface area contributed by atoms with Gasteiger partial charge in [-0.3, -0.25) is 4.79 Å². The van der Waals surface area contributed by atoms with Crippen LogP contribution in [0.2, 0.25) is 0 Å². The lowest BCUT2D eigenvalue weighted by Crippen LogP contribution is -2.35. The van der Waals surface area contributed by atoms with Crippen molar-refractivity contribution >= 4 is 5.97 Å². The van der Waals surface area contributed by atoms with Gasteiger partial charge < -0.3 is 9.64 Å². The zero-order valence-corrected chi connectivity index (χ0v) is 12.4. The molecule has 0 bridgehead atoms. The molecule has 0 amide bonds. The highest BCUT2D eigenvalue weighted by Gasteiger charge is 2.18. The summed E-state index contributed by atoms with van der Waals surface area (Å²) in [6.45, 7) is 7.34. The summed E-state index contributed by atoms with van der Waals surface area (Å²) in [5.41, 5.74) is 1.03. The molecule has 0 saturated heterocycles. The number of hydrogen-bond donors (Lipinski definition) is 0. The molecule has 1 aromatic carbocycles. The van der Waals surface area contributed by atoms with Crippen molar-refractivity contribution in [2.24, 2.45) is 5.92 Å². The molecule has 0 N–H and O–H groups in total. The van der Waals surface area contributed by atoms with Crippen molar-refractivity contribution in [1.82, 2.24) is 4.90 Å². The fraction of sp³-hybridized carbons (Fsp3) is 0.562. The molecule has 1 aromatic rings. The summed E-state index contributed by atoms with van der Waals surface area (Å²) in [5.74, 6) is -0.221. The van der Waals surface area contributed by atoms with Crippen molar-refractivity contribution in [1.29, 1.82) is 0 Å². The molecule has 0 fully saturated rings. The fourth-order valence-corrected chi connectivity index (χ4v) is 1.87. The highest BCUT2D eigenvalue weighted by atomic mass is 16.5. The van der Waals surface area contributed by atoms with E-state index in [4.69, 9.17) is 4.74 Å². The first-order valence-electron chi connectivity index (χ1n) is 6.95. The average molecular weight is 263 g/mol. The third-order valence-corrected chi connectivity index (χ3v) is 3.53. The standard InChI is InChI=1S/C16H25NO2/c1-5-14(3)17(4)11-13(2)16(18)19-12-15-9-7-6-8-10-15/h6-10,13-14H,5,11-12H2,1-4H3. The quantitative estimate of drug-likeness (QED) is 0.708. The second-order valence-electron chi connectivity index (χ2n) is 5.19. The summed E-state index contributed by atoms with van der Waals surface area (Å²) in [4.78, 5) is 14.1. The van der Waals surface area contributed by atoms with Crippen molar-refractivity contribution in [3.8, 4) is 0 Å². The Balaban J connectivity index is 2.37. The first-order valence-corrected chi connectivity index (χ1v) is 6.95. The van der Waals surface area contributed by atoms with E-state index in [2.05, 4.69) is 25.8 Å². The predicted molar refractivity (Wildman–Crippen MR) is 77.8 cm³/mol. The lowest BCUT2D eigenvalue weighted by atomic mass is 10.1. The van der Waals surface area contributed by atoms with Gasteiger partial charge in [0.15, 0.2) is 0 Å². The number of carbonyl (C=O) groups is 1. The predicted octanol–water partition coefficient (Wildman–Crippen LogP) is 3.10. The monoisotopic (exact) mass is 263 g/mol. The van der Waals surface area contributed by atoms with Crippen LogP contribution in [0.5, 0.6) is 0 Å². The molecule has 106 valence electrons. The van der Waals surface area contributed by atoms with E-state index in [1.165, 1.54) is 0 Å². The van der Waals surface area contributed by atoms with Gasteiger partial charge in [0.2, 0.25) is 0 Å². The van der Waals surface area contributed by atoms with Crippen LogP contribution in [0.3, 0.4) is 0 Å². The van der Waals surface area contributed by atoms with E-state index in [0.717, 1.165) is 18.5 Å². The van der Waals surface area contributed by atoms with Gasteiger partial charge in [-0.1, -0.05) is 44.2 Å². The second-order valence-corrected chi connectivity index (χ2v) is 5.19. The summed E-state index contributed by atoms with van der Waals surface area (Å²) < 4.78 is 5.34. The topological polar surface area (TPSA) is 29.5 Å². The van der Waals surface area contributed by atoms with E-state index in [1.807, 2.05) is 37.3 Å². The van der Waals surface area contributed by atoms with Crippen molar-refractivity contribution < 1.29 is 9.53 Å². The minimum atomic E-state index is -0.126. The molecule has 0 heterocycles. The molecule has 2 atom stereocenters. The smallest absolute Gasteiger partial charge is 0.310 e. The van der Waals surface area contributed by atoms with Gasteiger partial charge in [0.05, 0.1) is 5.92 Å². The third kappa shape index (κ3) is 5.43. The third-order valence-electron chi connectivity index (χ3n) is 3.53. The van der Waals surface area contributed by atoms with Crippen molar-refractivity contribution in [3.05, 3.63) is 35.9 Å². The molecule has 0 spiro atoms. The fourth-order valence-electron chi connectivity index (χ4n) is 1.87. The van der Waals surface area contributed by atoms with E-state index in [0.29, 0.717) is 12.6 Å². The van der Waals surface area contributed by atoms with Crippen LogP contribution < -0.4 is 0 Å². The van der Waals surface area contributed by atoms with Crippen LogP contribution in [0.25, 0.3) is 0 Å². The summed E-state index contributed by atoms with van der Waals surface area (Å²) >= 11 is 0. The largest absolute Gasteiger partial charge is 0.461 e. The van der Waals surface area contributed by atoms with Crippen molar-refractivity contribution in [2.75, 3.05) is 13.6 Å². The van der Waals surface area contributed by atoms with Gasteiger partial charge in [-0.2, -0.15) is 0 Å². The van der Waals surface area contributed by atoms with Gasteiger partial charge in [-0.25, -0.2) is 0 Å². The normalized spacial score (nSPS) is 14.2. The van der Waals surface area contributed by atoms with Crippen LogP contribution in [0, 0.1) is 5.92 Å². The van der Waals surface area contributed by atoms with Gasteiger partial charge in [-0.15, -0.1) is 0 Å². The summed E-state index contributed by atoms with van der Waals surface area (Å²) in [7, 11) is 2.05. The number of benzene rings is 1. The Hall–Kier alpha value is -1.35. The molecule has 2 unspecified atom stereocenters. The molecule has 0 radical (unpaired) electrons. The molecular weight excluding hydrogens is 238 g/mol. The zero-order valence-electron chi connectivity index (χ0n) is 12.4. The molecule has 0 aliphatic heterocycles. The molecule has 3 heteroatoms. The molecule has 0 aliphatic rings. The lowest BCUT2D eigenvalue weighted by molar-refractivity contribution is -0.150. The van der Waals surface area contributed by atoms with Crippen LogP contribution in [-0.2, 0) is 16.1 Å². The summed E-state index contributed by atoms with van der Waals surface area (Å²) in [6, 6.07) is 10.3. The van der Waals surface area contributed by atoms with Crippen LogP contribution in [0.1, 0.15) is 32.8 Å². The molecule has 0 aromatic heterocycles. The SMILES string of the molecule is CCC(C)N(C)CC(C)C(=O)OCc1ccccc1. The van der Waals surface area contributed by atoms with E-state index >= 15 is 0 Å². The maximum atomic E-state index is 11.9. The lowest BCUT2D eigenvalue weighted by Gasteiger charge is -2.25. The minimum Gasteiger partial charge on any atom is -0.461 e. The molecule has 1 rings (SSSR count). The van der Waals surface area contributed by atoms with Gasteiger partial charge in [-0.05, 0) is 26.0 Å². The Kier molecular flexibility index (Phi) is 6.57. The van der Waals surface area contributed by atoms with Gasteiger partial charge in [0, 0.05) is 12.6 Å². The maximum absolute atomic E-state index is 11.9. The summed E-state index contributed by atoms with van der Waals surface area (Å²) in [6.07, 6.45) is 1.09. The Morgan fingerprint density at radius 2 is 1.89 bits per heavy atom. The molecule has 19 heavy (non-hydrogen) atoms. The van der Waals surface area contributed by atoms with Gasteiger partial charge in [0.25, 0.3) is 0 Å². The van der Waals surface area contributed by atoms with Crippen LogP contribution in [0.4, 0.5) is 0 Å². The molecular formula is C16H25NO2. The highest BCUT2D eigenvalue weighted by molar-refractivity contribution is 5.72.